The largest absolute Gasteiger partial charge is 1.00 e. The Hall–Kier alpha value is 1.46. The summed E-state index contributed by atoms with van der Waals surface area (Å²) >= 11 is 3.58. The number of rotatable bonds is 3. The summed E-state index contributed by atoms with van der Waals surface area (Å²) in [6.45, 7) is 4.63. The maximum absolute atomic E-state index is 5.40. The molecule has 0 aromatic carbocycles. The van der Waals surface area contributed by atoms with Crippen molar-refractivity contribution >= 4 is 12.8 Å². The van der Waals surface area contributed by atoms with Gasteiger partial charge in [0, 0.05) is 6.54 Å². The molecule has 0 unspecified atom stereocenters. The Kier molecular flexibility index (Phi) is 16.0. The van der Waals surface area contributed by atoms with Crippen LogP contribution in [0.25, 0.3) is 0 Å². The minimum Gasteiger partial charge on any atom is -0.709 e. The molecule has 0 aliphatic heterocycles. The van der Waals surface area contributed by atoms with Crippen LogP contribution in [0.2, 0.25) is 0 Å². The van der Waals surface area contributed by atoms with Crippen LogP contribution in [-0.2, 0) is 12.8 Å². The van der Waals surface area contributed by atoms with Gasteiger partial charge in [0.25, 0.3) is 0 Å². The summed E-state index contributed by atoms with van der Waals surface area (Å²) in [5.41, 5.74) is 5.40. The second kappa shape index (κ2) is 12.5. The van der Waals surface area contributed by atoms with Gasteiger partial charge in [-0.05, 0) is 18.8 Å². The van der Waals surface area contributed by atoms with Crippen LogP contribution in [0.1, 0.15) is 32.1 Å². The monoisotopic (exact) mass is 287 g/mol. The van der Waals surface area contributed by atoms with Crippen molar-refractivity contribution < 1.29 is 58.2 Å². The number of nitrogens with one attached hydrogen (secondary N) is 1. The van der Waals surface area contributed by atoms with E-state index in [4.69, 9.17) is 5.73 Å². The van der Waals surface area contributed by atoms with Crippen LogP contribution < -0.4 is 74.4 Å². The van der Waals surface area contributed by atoms with Gasteiger partial charge >= 0.3 is 58.2 Å². The first-order chi connectivity index (χ1) is 6.29. The Morgan fingerprint density at radius 2 is 1.79 bits per heavy atom. The molecule has 0 heterocycles. The number of hydrogen-bond acceptors (Lipinski definition) is 4. The van der Waals surface area contributed by atoms with Gasteiger partial charge in [-0.2, -0.15) is 0 Å². The molecule has 0 aromatic heterocycles. The van der Waals surface area contributed by atoms with E-state index in [0.29, 0.717) is 5.82 Å². The maximum Gasteiger partial charge on any atom is 1.00 e. The van der Waals surface area contributed by atoms with Gasteiger partial charge in [-0.25, -0.2) is 0 Å². The Balaban J connectivity index is 0. The summed E-state index contributed by atoms with van der Waals surface area (Å²) in [6.07, 6.45) is 6.92. The van der Waals surface area contributed by atoms with E-state index < -0.39 is 0 Å². The molecule has 0 bridgehead atoms. The molecule has 0 radical (unpaired) electrons. The summed E-state index contributed by atoms with van der Waals surface area (Å²) in [7, 11) is 0. The summed E-state index contributed by atoms with van der Waals surface area (Å²) in [5.74, 6) is 1.44. The molecule has 5 heteroatoms. The molecular formula is C9H20N3RbS. The number of hydrogen-bond donors (Lipinski definition) is 3. The SMILES string of the molecule is C=C(N)NCC1CCCCC1.N[S-].[Rb+]. The first kappa shape index (κ1) is 17.8. The quantitative estimate of drug-likeness (QED) is 0.525. The van der Waals surface area contributed by atoms with E-state index in [1.54, 1.807) is 0 Å². The zero-order valence-corrected chi connectivity index (χ0v) is 14.8. The van der Waals surface area contributed by atoms with Gasteiger partial charge in [0.2, 0.25) is 0 Å². The molecule has 78 valence electrons. The molecule has 3 nitrogen and oxygen atoms in total. The van der Waals surface area contributed by atoms with E-state index in [2.05, 4.69) is 29.8 Å². The Morgan fingerprint density at radius 3 is 2.21 bits per heavy atom. The second-order valence-corrected chi connectivity index (χ2v) is 3.41. The van der Waals surface area contributed by atoms with Crippen LogP contribution in [0.3, 0.4) is 0 Å². The molecule has 0 spiro atoms. The maximum atomic E-state index is 5.40. The van der Waals surface area contributed by atoms with E-state index in [0.717, 1.165) is 12.5 Å². The molecule has 1 rings (SSSR count). The molecule has 0 saturated heterocycles. The van der Waals surface area contributed by atoms with Gasteiger partial charge in [-0.3, -0.25) is 0 Å². The molecule has 0 aromatic rings. The third-order valence-electron chi connectivity index (χ3n) is 2.34. The van der Waals surface area contributed by atoms with Crippen molar-refractivity contribution in [1.29, 1.82) is 0 Å². The Bertz CT molecular complexity index is 138. The van der Waals surface area contributed by atoms with Gasteiger partial charge in [0.15, 0.2) is 0 Å². The van der Waals surface area contributed by atoms with Crippen molar-refractivity contribution in [2.45, 2.75) is 32.1 Å². The topological polar surface area (TPSA) is 64.1 Å². The van der Waals surface area contributed by atoms with Crippen LogP contribution in [0.15, 0.2) is 12.4 Å². The fourth-order valence-corrected chi connectivity index (χ4v) is 1.67. The molecule has 0 amide bonds. The predicted molar refractivity (Wildman–Crippen MR) is 59.5 cm³/mol. The first-order valence-corrected chi connectivity index (χ1v) is 5.18. The smallest absolute Gasteiger partial charge is 0.709 e. The fraction of sp³-hybridized carbons (Fsp3) is 0.778. The van der Waals surface area contributed by atoms with Crippen LogP contribution in [0.5, 0.6) is 0 Å². The van der Waals surface area contributed by atoms with Crippen LogP contribution in [0, 0.1) is 5.92 Å². The Morgan fingerprint density at radius 1 is 1.29 bits per heavy atom. The zero-order chi connectivity index (χ0) is 10.1. The zero-order valence-electron chi connectivity index (χ0n) is 9.09. The van der Waals surface area contributed by atoms with Gasteiger partial charge in [-0.15, -0.1) is 0 Å². The summed E-state index contributed by atoms with van der Waals surface area (Å²) < 4.78 is 0. The van der Waals surface area contributed by atoms with Crippen molar-refractivity contribution in [3.8, 4) is 0 Å². The third kappa shape index (κ3) is 9.99. The second-order valence-electron chi connectivity index (χ2n) is 3.41. The average Bonchev–Trinajstić information content (AvgIpc) is 2.19. The van der Waals surface area contributed by atoms with Gasteiger partial charge in [0.1, 0.15) is 0 Å². The summed E-state index contributed by atoms with van der Waals surface area (Å²) in [6, 6.07) is 0. The van der Waals surface area contributed by atoms with E-state index in [1.807, 2.05) is 0 Å². The molecule has 1 fully saturated rings. The first-order valence-electron chi connectivity index (χ1n) is 4.71. The van der Waals surface area contributed by atoms with E-state index >= 15 is 0 Å². The van der Waals surface area contributed by atoms with Crippen molar-refractivity contribution in [2.75, 3.05) is 6.54 Å². The molecule has 1 aliphatic rings. The van der Waals surface area contributed by atoms with Crippen LogP contribution >= 0.6 is 0 Å². The molecule has 1 saturated carbocycles. The van der Waals surface area contributed by atoms with E-state index in [9.17, 15) is 0 Å². The fourth-order valence-electron chi connectivity index (χ4n) is 1.67. The molecule has 1 aliphatic carbocycles. The molecular weight excluding hydrogens is 268 g/mol. The number of nitrogens with two attached hydrogens (primary N) is 2. The summed E-state index contributed by atoms with van der Waals surface area (Å²) in [5, 5.41) is 7.18. The predicted octanol–water partition coefficient (Wildman–Crippen LogP) is -2.00. The van der Waals surface area contributed by atoms with Gasteiger partial charge in [-0.1, -0.05) is 25.8 Å². The third-order valence-corrected chi connectivity index (χ3v) is 2.34. The van der Waals surface area contributed by atoms with Gasteiger partial charge < -0.3 is 29.0 Å². The van der Waals surface area contributed by atoms with Crippen molar-refractivity contribution in [3.63, 3.8) is 0 Å². The normalized spacial score (nSPS) is 15.9. The standard InChI is InChI=1S/C9H18N2.H2NS.Rb/c1-8(10)11-7-9-5-3-2-4-6-9;1-2;/h9,11H,1-7,10H2;1H2;/q;-1;+1. The van der Waals surface area contributed by atoms with Gasteiger partial charge in [0.05, 0.1) is 5.82 Å². The van der Waals surface area contributed by atoms with Crippen molar-refractivity contribution in [1.82, 2.24) is 5.32 Å². The minimum absolute atomic E-state index is 0. The van der Waals surface area contributed by atoms with Crippen LogP contribution in [0.4, 0.5) is 0 Å². The average molecular weight is 288 g/mol. The molecule has 5 N–H and O–H groups in total. The Labute approximate surface area is 142 Å². The minimum atomic E-state index is 0. The summed E-state index contributed by atoms with van der Waals surface area (Å²) in [4.78, 5) is 0. The molecule has 0 atom stereocenters. The molecule has 14 heavy (non-hydrogen) atoms. The van der Waals surface area contributed by atoms with Crippen molar-refractivity contribution in [2.24, 2.45) is 16.8 Å². The van der Waals surface area contributed by atoms with Crippen LogP contribution in [-0.4, -0.2) is 6.54 Å². The van der Waals surface area contributed by atoms with Crippen molar-refractivity contribution in [3.05, 3.63) is 12.4 Å². The van der Waals surface area contributed by atoms with E-state index in [-0.39, 0.29) is 58.2 Å². The van der Waals surface area contributed by atoms with E-state index in [1.165, 1.54) is 32.1 Å².